The molecule has 0 bridgehead atoms. The van der Waals surface area contributed by atoms with Gasteiger partial charge in [0.2, 0.25) is 5.91 Å². The van der Waals surface area contributed by atoms with Crippen molar-refractivity contribution in [2.75, 3.05) is 11.1 Å². The van der Waals surface area contributed by atoms with Crippen LogP contribution < -0.4 is 16.6 Å². The van der Waals surface area contributed by atoms with Crippen LogP contribution in [0.25, 0.3) is 0 Å². The third-order valence-electron chi connectivity index (χ3n) is 2.31. The van der Waals surface area contributed by atoms with E-state index in [-0.39, 0.29) is 23.8 Å². The SMILES string of the molecule is Nc1ccc(=O)n(CC(=O)Nc2ccc(Cl)cc2)n1. The van der Waals surface area contributed by atoms with Crippen LogP contribution in [0.1, 0.15) is 0 Å². The first-order valence-corrected chi connectivity index (χ1v) is 5.81. The minimum absolute atomic E-state index is 0.180. The summed E-state index contributed by atoms with van der Waals surface area (Å²) in [4.78, 5) is 23.2. The van der Waals surface area contributed by atoms with E-state index < -0.39 is 0 Å². The van der Waals surface area contributed by atoms with Gasteiger partial charge in [-0.15, -0.1) is 0 Å². The molecule has 2 rings (SSSR count). The van der Waals surface area contributed by atoms with Gasteiger partial charge in [-0.2, -0.15) is 5.10 Å². The van der Waals surface area contributed by atoms with Gasteiger partial charge in [-0.25, -0.2) is 4.68 Å². The van der Waals surface area contributed by atoms with Crippen LogP contribution in [0.5, 0.6) is 0 Å². The standard InChI is InChI=1S/C12H11ClN4O2/c13-8-1-3-9(4-2-8)15-11(18)7-17-12(19)6-5-10(14)16-17/h1-6H,7H2,(H2,14,16)(H,15,18). The van der Waals surface area contributed by atoms with Crippen molar-refractivity contribution < 1.29 is 4.79 Å². The molecule has 7 heteroatoms. The molecule has 0 aliphatic carbocycles. The highest BCUT2D eigenvalue weighted by atomic mass is 35.5. The van der Waals surface area contributed by atoms with Crippen LogP contribution in [-0.4, -0.2) is 15.7 Å². The quantitative estimate of drug-likeness (QED) is 0.880. The zero-order valence-electron chi connectivity index (χ0n) is 9.84. The highest BCUT2D eigenvalue weighted by Crippen LogP contribution is 2.13. The van der Waals surface area contributed by atoms with E-state index in [4.69, 9.17) is 17.3 Å². The van der Waals surface area contributed by atoms with Gasteiger partial charge in [0.1, 0.15) is 12.4 Å². The number of halogens is 1. The summed E-state index contributed by atoms with van der Waals surface area (Å²) in [6.07, 6.45) is 0. The molecule has 1 aromatic heterocycles. The molecule has 1 aromatic carbocycles. The molecule has 0 unspecified atom stereocenters. The van der Waals surface area contributed by atoms with E-state index >= 15 is 0 Å². The van der Waals surface area contributed by atoms with E-state index in [2.05, 4.69) is 10.4 Å². The van der Waals surface area contributed by atoms with Gasteiger partial charge in [0.15, 0.2) is 0 Å². The maximum Gasteiger partial charge on any atom is 0.267 e. The molecule has 19 heavy (non-hydrogen) atoms. The topological polar surface area (TPSA) is 90.0 Å². The van der Waals surface area contributed by atoms with Gasteiger partial charge in [0.05, 0.1) is 0 Å². The Morgan fingerprint density at radius 2 is 1.95 bits per heavy atom. The number of amides is 1. The molecule has 0 spiro atoms. The monoisotopic (exact) mass is 278 g/mol. The minimum atomic E-state index is -0.388. The Hall–Kier alpha value is -2.34. The van der Waals surface area contributed by atoms with Crippen molar-refractivity contribution >= 4 is 29.0 Å². The fourth-order valence-corrected chi connectivity index (χ4v) is 1.57. The Labute approximate surface area is 113 Å². The lowest BCUT2D eigenvalue weighted by Crippen LogP contribution is -2.29. The number of nitrogens with two attached hydrogens (primary N) is 1. The third-order valence-corrected chi connectivity index (χ3v) is 2.56. The third kappa shape index (κ3) is 3.56. The van der Waals surface area contributed by atoms with E-state index in [0.717, 1.165) is 4.68 Å². The molecule has 0 saturated heterocycles. The van der Waals surface area contributed by atoms with Crippen molar-refractivity contribution in [3.8, 4) is 0 Å². The lowest BCUT2D eigenvalue weighted by Gasteiger charge is -2.06. The van der Waals surface area contributed by atoms with Crippen molar-refractivity contribution in [1.82, 2.24) is 9.78 Å². The van der Waals surface area contributed by atoms with Gasteiger partial charge in [-0.3, -0.25) is 9.59 Å². The number of carbonyl (C=O) groups is 1. The first-order valence-electron chi connectivity index (χ1n) is 5.43. The van der Waals surface area contributed by atoms with Gasteiger partial charge < -0.3 is 11.1 Å². The molecule has 0 aliphatic heterocycles. The number of nitrogens with one attached hydrogen (secondary N) is 1. The highest BCUT2D eigenvalue weighted by Gasteiger charge is 2.06. The van der Waals surface area contributed by atoms with Gasteiger partial charge >= 0.3 is 0 Å². The van der Waals surface area contributed by atoms with Gasteiger partial charge in [0, 0.05) is 16.8 Å². The summed E-state index contributed by atoms with van der Waals surface area (Å²) in [6.45, 7) is -0.202. The summed E-state index contributed by atoms with van der Waals surface area (Å²) >= 11 is 5.73. The van der Waals surface area contributed by atoms with Gasteiger partial charge in [0.25, 0.3) is 5.56 Å². The Balaban J connectivity index is 2.07. The van der Waals surface area contributed by atoms with Crippen molar-refractivity contribution in [3.63, 3.8) is 0 Å². The number of nitrogen functional groups attached to an aromatic ring is 1. The smallest absolute Gasteiger partial charge is 0.267 e. The number of benzene rings is 1. The molecule has 0 saturated carbocycles. The fraction of sp³-hybridized carbons (Fsp3) is 0.0833. The summed E-state index contributed by atoms with van der Waals surface area (Å²) in [5.41, 5.74) is 5.66. The second kappa shape index (κ2) is 5.53. The zero-order valence-corrected chi connectivity index (χ0v) is 10.6. The van der Waals surface area contributed by atoms with Gasteiger partial charge in [-0.1, -0.05) is 11.6 Å². The first-order chi connectivity index (χ1) is 9.04. The van der Waals surface area contributed by atoms with E-state index in [1.807, 2.05) is 0 Å². The molecule has 0 radical (unpaired) electrons. The van der Waals surface area contributed by atoms with Crippen LogP contribution in [0.2, 0.25) is 5.02 Å². The Kier molecular flexibility index (Phi) is 3.82. The Morgan fingerprint density at radius 1 is 1.26 bits per heavy atom. The van der Waals surface area contributed by atoms with Crippen LogP contribution in [-0.2, 0) is 11.3 Å². The van der Waals surface area contributed by atoms with Crippen molar-refractivity contribution in [2.45, 2.75) is 6.54 Å². The molecule has 1 heterocycles. The normalized spacial score (nSPS) is 10.2. The molecule has 1 amide bonds. The van der Waals surface area contributed by atoms with Crippen molar-refractivity contribution in [2.24, 2.45) is 0 Å². The van der Waals surface area contributed by atoms with Crippen molar-refractivity contribution in [3.05, 3.63) is 51.8 Å². The molecular weight excluding hydrogens is 268 g/mol. The molecule has 0 atom stereocenters. The van der Waals surface area contributed by atoms with Crippen LogP contribution in [0.3, 0.4) is 0 Å². The highest BCUT2D eigenvalue weighted by molar-refractivity contribution is 6.30. The van der Waals surface area contributed by atoms with Crippen LogP contribution in [0.15, 0.2) is 41.2 Å². The largest absolute Gasteiger partial charge is 0.382 e. The minimum Gasteiger partial charge on any atom is -0.382 e. The molecular formula is C12H11ClN4O2. The van der Waals surface area contributed by atoms with Crippen LogP contribution >= 0.6 is 11.6 Å². The Morgan fingerprint density at radius 3 is 2.63 bits per heavy atom. The zero-order chi connectivity index (χ0) is 13.8. The number of nitrogens with zero attached hydrogens (tertiary/aromatic N) is 2. The molecule has 0 fully saturated rings. The predicted molar refractivity (Wildman–Crippen MR) is 73.0 cm³/mol. The molecule has 0 aliphatic rings. The first kappa shape index (κ1) is 13.1. The van der Waals surface area contributed by atoms with E-state index in [1.165, 1.54) is 12.1 Å². The number of hydrogen-bond acceptors (Lipinski definition) is 4. The van der Waals surface area contributed by atoms with Gasteiger partial charge in [-0.05, 0) is 30.3 Å². The lowest BCUT2D eigenvalue weighted by atomic mass is 10.3. The molecule has 6 nitrogen and oxygen atoms in total. The summed E-state index contributed by atoms with van der Waals surface area (Å²) in [5, 5.41) is 6.97. The maximum absolute atomic E-state index is 11.7. The van der Waals surface area contributed by atoms with E-state index in [1.54, 1.807) is 24.3 Å². The number of rotatable bonds is 3. The average Bonchev–Trinajstić information content (AvgIpc) is 2.37. The predicted octanol–water partition coefficient (Wildman–Crippen LogP) is 1.12. The maximum atomic E-state index is 11.7. The van der Waals surface area contributed by atoms with Crippen LogP contribution in [0.4, 0.5) is 11.5 Å². The fourth-order valence-electron chi connectivity index (χ4n) is 1.45. The number of hydrogen-bond donors (Lipinski definition) is 2. The van der Waals surface area contributed by atoms with Crippen LogP contribution in [0, 0.1) is 0 Å². The summed E-state index contributed by atoms with van der Waals surface area (Å²) in [6, 6.07) is 9.28. The van der Waals surface area contributed by atoms with E-state index in [9.17, 15) is 9.59 Å². The Bertz CT molecular complexity index is 652. The molecule has 2 aromatic rings. The molecule has 98 valence electrons. The second-order valence-electron chi connectivity index (χ2n) is 3.81. The number of carbonyl (C=O) groups excluding carboxylic acids is 1. The van der Waals surface area contributed by atoms with Crippen molar-refractivity contribution in [1.29, 1.82) is 0 Å². The number of aromatic nitrogens is 2. The number of anilines is 2. The summed E-state index contributed by atoms with van der Waals surface area (Å²) in [7, 11) is 0. The molecule has 3 N–H and O–H groups in total. The van der Waals surface area contributed by atoms with E-state index in [0.29, 0.717) is 10.7 Å². The summed E-state index contributed by atoms with van der Waals surface area (Å²) < 4.78 is 1.00. The second-order valence-corrected chi connectivity index (χ2v) is 4.25. The average molecular weight is 279 g/mol. The lowest BCUT2D eigenvalue weighted by molar-refractivity contribution is -0.117. The summed E-state index contributed by atoms with van der Waals surface area (Å²) in [5.74, 6) is -0.193.